The minimum Gasteiger partial charge on any atom is -0.253 e. The van der Waals surface area contributed by atoms with E-state index in [1.165, 1.54) is 5.57 Å². The van der Waals surface area contributed by atoms with E-state index in [0.29, 0.717) is 5.88 Å². The molecule has 0 unspecified atom stereocenters. The summed E-state index contributed by atoms with van der Waals surface area (Å²) in [5, 5.41) is 0. The first-order valence-electron chi connectivity index (χ1n) is 2.94. The standard InChI is InChI=1S/C7H8ClNS/c1-6(3-8)2-7-4-9-5-10-7/h2,4-5H,3H2,1H3. The molecule has 0 aliphatic rings. The number of hydrogen-bond acceptors (Lipinski definition) is 2. The SMILES string of the molecule is CC(=Cc1cncs1)CCl. The van der Waals surface area contributed by atoms with Gasteiger partial charge in [-0.05, 0) is 13.0 Å². The summed E-state index contributed by atoms with van der Waals surface area (Å²) in [7, 11) is 0. The van der Waals surface area contributed by atoms with Gasteiger partial charge in [0, 0.05) is 17.0 Å². The lowest BCUT2D eigenvalue weighted by atomic mass is 10.3. The van der Waals surface area contributed by atoms with Crippen LogP contribution in [0.3, 0.4) is 0 Å². The van der Waals surface area contributed by atoms with Crippen molar-refractivity contribution in [3.63, 3.8) is 0 Å². The highest BCUT2D eigenvalue weighted by Gasteiger charge is 1.89. The number of rotatable bonds is 2. The Bertz CT molecular complexity index is 216. The molecule has 0 saturated carbocycles. The number of halogens is 1. The van der Waals surface area contributed by atoms with Crippen LogP contribution in [0.25, 0.3) is 6.08 Å². The van der Waals surface area contributed by atoms with Gasteiger partial charge in [0.05, 0.1) is 5.51 Å². The largest absolute Gasteiger partial charge is 0.253 e. The fraction of sp³-hybridized carbons (Fsp3) is 0.286. The average Bonchev–Trinajstić information content (AvgIpc) is 2.40. The Morgan fingerprint density at radius 1 is 1.90 bits per heavy atom. The van der Waals surface area contributed by atoms with Gasteiger partial charge < -0.3 is 0 Å². The number of aromatic nitrogens is 1. The van der Waals surface area contributed by atoms with Crippen LogP contribution in [0.5, 0.6) is 0 Å². The molecule has 0 atom stereocenters. The van der Waals surface area contributed by atoms with Gasteiger partial charge in [-0.2, -0.15) is 0 Å². The van der Waals surface area contributed by atoms with Crippen LogP contribution in [0.1, 0.15) is 11.8 Å². The summed E-state index contributed by atoms with van der Waals surface area (Å²) in [6.07, 6.45) is 3.88. The van der Waals surface area contributed by atoms with E-state index in [9.17, 15) is 0 Å². The van der Waals surface area contributed by atoms with Crippen LogP contribution in [0.4, 0.5) is 0 Å². The molecule has 0 spiro atoms. The van der Waals surface area contributed by atoms with Gasteiger partial charge in [-0.1, -0.05) is 5.57 Å². The molecule has 0 aliphatic carbocycles. The van der Waals surface area contributed by atoms with Gasteiger partial charge in [0.15, 0.2) is 0 Å². The van der Waals surface area contributed by atoms with E-state index in [4.69, 9.17) is 11.6 Å². The molecule has 0 fully saturated rings. The zero-order valence-electron chi connectivity index (χ0n) is 5.67. The Labute approximate surface area is 69.4 Å². The molecule has 1 rings (SSSR count). The first-order chi connectivity index (χ1) is 4.83. The molecular weight excluding hydrogens is 166 g/mol. The molecule has 54 valence electrons. The first kappa shape index (κ1) is 7.76. The summed E-state index contributed by atoms with van der Waals surface area (Å²) in [6, 6.07) is 0. The molecule has 0 radical (unpaired) electrons. The third-order valence-electron chi connectivity index (χ3n) is 1.05. The number of thiazole rings is 1. The van der Waals surface area contributed by atoms with E-state index < -0.39 is 0 Å². The summed E-state index contributed by atoms with van der Waals surface area (Å²) >= 11 is 7.21. The Hall–Kier alpha value is -0.340. The van der Waals surface area contributed by atoms with E-state index in [2.05, 4.69) is 4.98 Å². The zero-order valence-corrected chi connectivity index (χ0v) is 7.25. The lowest BCUT2D eigenvalue weighted by Crippen LogP contribution is -1.73. The van der Waals surface area contributed by atoms with E-state index in [0.717, 1.165) is 4.88 Å². The molecule has 0 aromatic carbocycles. The number of allylic oxidation sites excluding steroid dienone is 1. The van der Waals surface area contributed by atoms with Crippen molar-refractivity contribution in [2.45, 2.75) is 6.92 Å². The maximum atomic E-state index is 5.58. The van der Waals surface area contributed by atoms with Crippen molar-refractivity contribution in [3.8, 4) is 0 Å². The second-order valence-electron chi connectivity index (χ2n) is 2.03. The maximum absolute atomic E-state index is 5.58. The summed E-state index contributed by atoms with van der Waals surface area (Å²) in [4.78, 5) is 5.11. The summed E-state index contributed by atoms with van der Waals surface area (Å²) in [5.74, 6) is 0.595. The zero-order chi connectivity index (χ0) is 7.40. The lowest BCUT2D eigenvalue weighted by Gasteiger charge is -1.88. The molecule has 1 aromatic rings. The topological polar surface area (TPSA) is 12.9 Å². The van der Waals surface area contributed by atoms with Gasteiger partial charge in [0.25, 0.3) is 0 Å². The summed E-state index contributed by atoms with van der Waals surface area (Å²) < 4.78 is 0. The van der Waals surface area contributed by atoms with Crippen molar-refractivity contribution in [1.29, 1.82) is 0 Å². The average molecular weight is 174 g/mol. The van der Waals surface area contributed by atoms with Crippen LogP contribution in [-0.2, 0) is 0 Å². The van der Waals surface area contributed by atoms with Crippen LogP contribution in [0.2, 0.25) is 0 Å². The van der Waals surface area contributed by atoms with Gasteiger partial charge in [-0.3, -0.25) is 4.98 Å². The molecular formula is C7H8ClNS. The molecule has 0 saturated heterocycles. The van der Waals surface area contributed by atoms with Crippen molar-refractivity contribution in [1.82, 2.24) is 4.98 Å². The van der Waals surface area contributed by atoms with E-state index in [1.54, 1.807) is 11.3 Å². The third-order valence-corrected chi connectivity index (χ3v) is 2.19. The van der Waals surface area contributed by atoms with Crippen molar-refractivity contribution >= 4 is 29.0 Å². The van der Waals surface area contributed by atoms with Gasteiger partial charge in [-0.25, -0.2) is 0 Å². The predicted octanol–water partition coefficient (Wildman–Crippen LogP) is 2.79. The first-order valence-corrected chi connectivity index (χ1v) is 4.36. The molecule has 1 heterocycles. The van der Waals surface area contributed by atoms with Crippen molar-refractivity contribution in [2.75, 3.05) is 5.88 Å². The molecule has 10 heavy (non-hydrogen) atoms. The van der Waals surface area contributed by atoms with Crippen LogP contribution >= 0.6 is 22.9 Å². The molecule has 0 amide bonds. The fourth-order valence-electron chi connectivity index (χ4n) is 0.578. The maximum Gasteiger partial charge on any atom is 0.0797 e. The molecule has 0 N–H and O–H groups in total. The van der Waals surface area contributed by atoms with Crippen LogP contribution in [-0.4, -0.2) is 10.9 Å². The minimum atomic E-state index is 0.595. The second-order valence-corrected chi connectivity index (χ2v) is 3.21. The highest BCUT2D eigenvalue weighted by molar-refractivity contribution is 7.10. The Balaban J connectivity index is 2.71. The van der Waals surface area contributed by atoms with Crippen LogP contribution in [0, 0.1) is 0 Å². The van der Waals surface area contributed by atoms with Gasteiger partial charge in [0.1, 0.15) is 0 Å². The van der Waals surface area contributed by atoms with E-state index >= 15 is 0 Å². The molecule has 3 heteroatoms. The van der Waals surface area contributed by atoms with Gasteiger partial charge in [0.2, 0.25) is 0 Å². The van der Waals surface area contributed by atoms with Gasteiger partial charge >= 0.3 is 0 Å². The monoisotopic (exact) mass is 173 g/mol. The predicted molar refractivity (Wildman–Crippen MR) is 46.5 cm³/mol. The molecule has 0 bridgehead atoms. The number of alkyl halides is 1. The highest BCUT2D eigenvalue weighted by atomic mass is 35.5. The minimum absolute atomic E-state index is 0.595. The Morgan fingerprint density at radius 2 is 2.70 bits per heavy atom. The van der Waals surface area contributed by atoms with Crippen molar-refractivity contribution < 1.29 is 0 Å². The van der Waals surface area contributed by atoms with Crippen molar-refractivity contribution in [2.24, 2.45) is 0 Å². The molecule has 0 aliphatic heterocycles. The lowest BCUT2D eigenvalue weighted by molar-refractivity contribution is 1.40. The van der Waals surface area contributed by atoms with Gasteiger partial charge in [-0.15, -0.1) is 22.9 Å². The number of hydrogen-bond donors (Lipinski definition) is 0. The third kappa shape index (κ3) is 2.12. The van der Waals surface area contributed by atoms with Crippen LogP contribution in [0.15, 0.2) is 17.3 Å². The number of nitrogens with zero attached hydrogens (tertiary/aromatic N) is 1. The fourth-order valence-corrected chi connectivity index (χ4v) is 1.29. The van der Waals surface area contributed by atoms with Crippen LogP contribution < -0.4 is 0 Å². The molecule has 1 aromatic heterocycles. The normalized spacial score (nSPS) is 12.0. The summed E-state index contributed by atoms with van der Waals surface area (Å²) in [5.41, 5.74) is 2.98. The Morgan fingerprint density at radius 3 is 3.20 bits per heavy atom. The smallest absolute Gasteiger partial charge is 0.0797 e. The molecule has 1 nitrogen and oxygen atoms in total. The van der Waals surface area contributed by atoms with Crippen molar-refractivity contribution in [3.05, 3.63) is 22.2 Å². The van der Waals surface area contributed by atoms with E-state index in [-0.39, 0.29) is 0 Å². The summed E-state index contributed by atoms with van der Waals surface area (Å²) in [6.45, 7) is 2.01. The highest BCUT2D eigenvalue weighted by Crippen LogP contribution is 2.11. The van der Waals surface area contributed by atoms with E-state index in [1.807, 2.05) is 24.7 Å². The Kier molecular flexibility index (Phi) is 2.90. The second kappa shape index (κ2) is 3.74. The quantitative estimate of drug-likeness (QED) is 0.627.